The summed E-state index contributed by atoms with van der Waals surface area (Å²) in [5.74, 6) is 0.789. The Morgan fingerprint density at radius 1 is 0.800 bits per heavy atom. The SMILES string of the molecule is C(=N/c1ccccc1)/Oc1ccccc1. The van der Waals surface area contributed by atoms with E-state index in [0.717, 1.165) is 11.4 Å². The normalized spacial score (nSPS) is 10.4. The summed E-state index contributed by atoms with van der Waals surface area (Å²) >= 11 is 0. The lowest BCUT2D eigenvalue weighted by molar-refractivity contribution is 0.574. The van der Waals surface area contributed by atoms with Gasteiger partial charge in [0.1, 0.15) is 5.75 Å². The standard InChI is InChI=1S/C13H11NO/c1-3-7-12(8-4-1)14-11-15-13-9-5-2-6-10-13/h1-11H/b14-11-. The molecule has 0 aliphatic rings. The number of aliphatic imine (C=N–C) groups is 1. The summed E-state index contributed by atoms with van der Waals surface area (Å²) in [5, 5.41) is 0. The Morgan fingerprint density at radius 2 is 1.40 bits per heavy atom. The molecule has 0 heterocycles. The molecule has 15 heavy (non-hydrogen) atoms. The van der Waals surface area contributed by atoms with Crippen LogP contribution >= 0.6 is 0 Å². The lowest BCUT2D eigenvalue weighted by Crippen LogP contribution is -1.87. The van der Waals surface area contributed by atoms with E-state index in [1.165, 1.54) is 6.40 Å². The van der Waals surface area contributed by atoms with Gasteiger partial charge in [-0.2, -0.15) is 0 Å². The van der Waals surface area contributed by atoms with Crippen molar-refractivity contribution in [2.75, 3.05) is 0 Å². The van der Waals surface area contributed by atoms with Crippen molar-refractivity contribution in [1.29, 1.82) is 0 Å². The minimum absolute atomic E-state index is 0.789. The number of hydrogen-bond donors (Lipinski definition) is 0. The van der Waals surface area contributed by atoms with E-state index in [1.807, 2.05) is 60.7 Å². The molecule has 0 aliphatic heterocycles. The molecule has 0 atom stereocenters. The van der Waals surface area contributed by atoms with Gasteiger partial charge >= 0.3 is 0 Å². The third-order valence-corrected chi connectivity index (χ3v) is 1.89. The minimum Gasteiger partial charge on any atom is -0.446 e. The maximum atomic E-state index is 5.32. The highest BCUT2D eigenvalue weighted by molar-refractivity contribution is 5.58. The van der Waals surface area contributed by atoms with Crippen LogP contribution in [0.5, 0.6) is 5.75 Å². The number of benzene rings is 2. The maximum Gasteiger partial charge on any atom is 0.181 e. The first kappa shape index (κ1) is 9.46. The Hall–Kier alpha value is -2.09. The average molecular weight is 197 g/mol. The molecule has 0 saturated heterocycles. The van der Waals surface area contributed by atoms with Crippen molar-refractivity contribution >= 4 is 12.1 Å². The predicted molar refractivity (Wildman–Crippen MR) is 61.7 cm³/mol. The van der Waals surface area contributed by atoms with E-state index < -0.39 is 0 Å². The van der Waals surface area contributed by atoms with E-state index in [0.29, 0.717) is 0 Å². The maximum absolute atomic E-state index is 5.32. The highest BCUT2D eigenvalue weighted by Gasteiger charge is 1.87. The minimum atomic E-state index is 0.789. The number of para-hydroxylation sites is 2. The zero-order valence-electron chi connectivity index (χ0n) is 8.21. The molecule has 0 N–H and O–H groups in total. The number of nitrogens with zero attached hydrogens (tertiary/aromatic N) is 1. The van der Waals surface area contributed by atoms with Crippen LogP contribution in [0.3, 0.4) is 0 Å². The van der Waals surface area contributed by atoms with Crippen LogP contribution in [-0.2, 0) is 0 Å². The first-order chi connectivity index (χ1) is 7.45. The fourth-order valence-corrected chi connectivity index (χ4v) is 1.16. The third-order valence-electron chi connectivity index (χ3n) is 1.89. The fraction of sp³-hybridized carbons (Fsp3) is 0. The Kier molecular flexibility index (Phi) is 3.13. The second-order valence-corrected chi connectivity index (χ2v) is 3.00. The molecule has 0 amide bonds. The summed E-state index contributed by atoms with van der Waals surface area (Å²) in [6, 6.07) is 19.2. The highest BCUT2D eigenvalue weighted by atomic mass is 16.5. The van der Waals surface area contributed by atoms with Gasteiger partial charge in [-0.3, -0.25) is 0 Å². The van der Waals surface area contributed by atoms with Crippen molar-refractivity contribution in [2.45, 2.75) is 0 Å². The zero-order chi connectivity index (χ0) is 10.3. The quantitative estimate of drug-likeness (QED) is 0.545. The van der Waals surface area contributed by atoms with Crippen molar-refractivity contribution in [3.8, 4) is 5.75 Å². The monoisotopic (exact) mass is 197 g/mol. The van der Waals surface area contributed by atoms with Gasteiger partial charge < -0.3 is 4.74 Å². The summed E-state index contributed by atoms with van der Waals surface area (Å²) in [4.78, 5) is 4.15. The summed E-state index contributed by atoms with van der Waals surface area (Å²) in [6.07, 6.45) is 1.45. The van der Waals surface area contributed by atoms with Gasteiger partial charge in [0.2, 0.25) is 0 Å². The van der Waals surface area contributed by atoms with E-state index in [-0.39, 0.29) is 0 Å². The average Bonchev–Trinajstić information content (AvgIpc) is 2.32. The molecule has 2 aromatic carbocycles. The fourth-order valence-electron chi connectivity index (χ4n) is 1.16. The lowest BCUT2D eigenvalue weighted by atomic mass is 10.3. The van der Waals surface area contributed by atoms with Gasteiger partial charge in [-0.05, 0) is 24.3 Å². The van der Waals surface area contributed by atoms with Crippen LogP contribution in [-0.4, -0.2) is 6.40 Å². The molecule has 0 unspecified atom stereocenters. The molecule has 74 valence electrons. The van der Waals surface area contributed by atoms with E-state index in [2.05, 4.69) is 4.99 Å². The van der Waals surface area contributed by atoms with Gasteiger partial charge in [0.25, 0.3) is 0 Å². The van der Waals surface area contributed by atoms with Crippen molar-refractivity contribution in [3.05, 3.63) is 60.7 Å². The molecule has 2 nitrogen and oxygen atoms in total. The van der Waals surface area contributed by atoms with Gasteiger partial charge in [-0.1, -0.05) is 36.4 Å². The topological polar surface area (TPSA) is 21.6 Å². The molecular weight excluding hydrogens is 186 g/mol. The molecule has 0 fully saturated rings. The summed E-state index contributed by atoms with van der Waals surface area (Å²) in [7, 11) is 0. The van der Waals surface area contributed by atoms with Crippen LogP contribution in [0.4, 0.5) is 5.69 Å². The van der Waals surface area contributed by atoms with Crippen LogP contribution in [0, 0.1) is 0 Å². The molecule has 0 aliphatic carbocycles. The van der Waals surface area contributed by atoms with Crippen LogP contribution in [0.1, 0.15) is 0 Å². The molecule has 0 saturated carbocycles. The van der Waals surface area contributed by atoms with Crippen molar-refractivity contribution in [1.82, 2.24) is 0 Å². The molecule has 0 spiro atoms. The summed E-state index contributed by atoms with van der Waals surface area (Å²) in [5.41, 5.74) is 0.883. The van der Waals surface area contributed by atoms with Gasteiger partial charge in [0, 0.05) is 0 Å². The Morgan fingerprint density at radius 3 is 2.07 bits per heavy atom. The molecule has 2 aromatic rings. The Bertz CT molecular complexity index is 423. The van der Waals surface area contributed by atoms with E-state index >= 15 is 0 Å². The molecule has 0 aromatic heterocycles. The van der Waals surface area contributed by atoms with Gasteiger partial charge in [0.15, 0.2) is 6.40 Å². The summed E-state index contributed by atoms with van der Waals surface area (Å²) < 4.78 is 5.32. The van der Waals surface area contributed by atoms with Crippen molar-refractivity contribution in [3.63, 3.8) is 0 Å². The predicted octanol–water partition coefficient (Wildman–Crippen LogP) is 3.43. The number of rotatable bonds is 3. The van der Waals surface area contributed by atoms with Crippen LogP contribution < -0.4 is 4.74 Å². The largest absolute Gasteiger partial charge is 0.446 e. The number of hydrogen-bond acceptors (Lipinski definition) is 2. The highest BCUT2D eigenvalue weighted by Crippen LogP contribution is 2.10. The van der Waals surface area contributed by atoms with Gasteiger partial charge in [-0.15, -0.1) is 0 Å². The first-order valence-corrected chi connectivity index (χ1v) is 4.74. The van der Waals surface area contributed by atoms with E-state index in [9.17, 15) is 0 Å². The lowest BCUT2D eigenvalue weighted by Gasteiger charge is -1.97. The molecule has 0 bridgehead atoms. The summed E-state index contributed by atoms with van der Waals surface area (Å²) in [6.45, 7) is 0. The van der Waals surface area contributed by atoms with Gasteiger partial charge in [-0.25, -0.2) is 4.99 Å². The Balaban J connectivity index is 1.97. The van der Waals surface area contributed by atoms with Crippen molar-refractivity contribution < 1.29 is 4.74 Å². The van der Waals surface area contributed by atoms with E-state index in [1.54, 1.807) is 0 Å². The molecule has 2 heteroatoms. The second kappa shape index (κ2) is 4.96. The van der Waals surface area contributed by atoms with Gasteiger partial charge in [0.05, 0.1) is 5.69 Å². The van der Waals surface area contributed by atoms with E-state index in [4.69, 9.17) is 4.74 Å². The van der Waals surface area contributed by atoms with Crippen molar-refractivity contribution in [2.24, 2.45) is 4.99 Å². The molecular formula is C13H11NO. The van der Waals surface area contributed by atoms with Crippen LogP contribution in [0.2, 0.25) is 0 Å². The first-order valence-electron chi connectivity index (χ1n) is 4.74. The number of ether oxygens (including phenoxy) is 1. The smallest absolute Gasteiger partial charge is 0.181 e. The second-order valence-electron chi connectivity index (χ2n) is 3.00. The van der Waals surface area contributed by atoms with Crippen LogP contribution in [0.15, 0.2) is 65.7 Å². The zero-order valence-corrected chi connectivity index (χ0v) is 8.21. The third kappa shape index (κ3) is 2.95. The van der Waals surface area contributed by atoms with Crippen LogP contribution in [0.25, 0.3) is 0 Å². The molecule has 2 rings (SSSR count). The molecule has 0 radical (unpaired) electrons. The Labute approximate surface area is 88.9 Å².